The third-order valence-electron chi connectivity index (χ3n) is 6.90. The van der Waals surface area contributed by atoms with E-state index in [1.54, 1.807) is 12.1 Å². The second kappa shape index (κ2) is 6.85. The molecule has 0 bridgehead atoms. The van der Waals surface area contributed by atoms with Gasteiger partial charge in [0.15, 0.2) is 9.84 Å². The zero-order valence-corrected chi connectivity index (χ0v) is 16.5. The third-order valence-corrected chi connectivity index (χ3v) is 9.55. The number of carbonyl (C=O) groups excluding carboxylic acids is 1. The molecule has 2 aliphatic heterocycles. The maximum absolute atomic E-state index is 13.2. The maximum Gasteiger partial charge on any atom is 0.240 e. The molecule has 7 heteroatoms. The van der Waals surface area contributed by atoms with Gasteiger partial charge in [-0.15, -0.1) is 0 Å². The molecule has 0 aromatic heterocycles. The van der Waals surface area contributed by atoms with Crippen LogP contribution >= 0.6 is 0 Å². The van der Waals surface area contributed by atoms with Gasteiger partial charge in [0.25, 0.3) is 0 Å². The largest absolute Gasteiger partial charge is 0.335 e. The van der Waals surface area contributed by atoms with E-state index in [2.05, 4.69) is 4.90 Å². The number of halogens is 1. The minimum absolute atomic E-state index is 0.0637. The molecule has 1 amide bonds. The lowest BCUT2D eigenvalue weighted by atomic mass is 9.81. The molecule has 2 atom stereocenters. The van der Waals surface area contributed by atoms with E-state index in [0.717, 1.165) is 31.2 Å². The Labute approximate surface area is 160 Å². The lowest BCUT2D eigenvalue weighted by Crippen LogP contribution is -2.46. The van der Waals surface area contributed by atoms with E-state index in [-0.39, 0.29) is 29.6 Å². The first-order chi connectivity index (χ1) is 12.8. The molecule has 1 saturated carbocycles. The van der Waals surface area contributed by atoms with Crippen molar-refractivity contribution in [3.05, 3.63) is 35.6 Å². The topological polar surface area (TPSA) is 57.7 Å². The molecule has 3 fully saturated rings. The fraction of sp³-hybridized carbons (Fsp3) is 0.650. The van der Waals surface area contributed by atoms with E-state index in [1.807, 2.05) is 11.8 Å². The molecule has 1 spiro atoms. The number of carbonyl (C=O) groups is 1. The number of hydrogen-bond donors (Lipinski definition) is 0. The molecular weight excluding hydrogens is 367 g/mol. The summed E-state index contributed by atoms with van der Waals surface area (Å²) < 4.78 is 38.0. The number of nitrogens with zero attached hydrogens (tertiary/aromatic N) is 2. The maximum atomic E-state index is 13.2. The van der Waals surface area contributed by atoms with E-state index >= 15 is 0 Å². The molecule has 1 aromatic carbocycles. The van der Waals surface area contributed by atoms with Gasteiger partial charge in [-0.3, -0.25) is 9.69 Å². The van der Waals surface area contributed by atoms with Gasteiger partial charge < -0.3 is 4.90 Å². The normalized spacial score (nSPS) is 28.7. The first-order valence-electron chi connectivity index (χ1n) is 9.85. The van der Waals surface area contributed by atoms with Gasteiger partial charge in [0.1, 0.15) is 5.82 Å². The average Bonchev–Trinajstić information content (AvgIpc) is 2.90. The number of rotatable bonds is 3. The van der Waals surface area contributed by atoms with Gasteiger partial charge in [-0.05, 0) is 50.3 Å². The standard InChI is InChI=1S/C20H27FN2O3S/c1-15(16-3-5-17(21)6-4-16)23-11-7-18(19(23)24)22-12-10-20(8-2-9-20)27(25,26)14-13-22/h3-6,15,18H,2,7-14H2,1H3. The fourth-order valence-corrected chi connectivity index (χ4v) is 7.06. The summed E-state index contributed by atoms with van der Waals surface area (Å²) in [5, 5.41) is 0. The van der Waals surface area contributed by atoms with Gasteiger partial charge in [0.05, 0.1) is 22.6 Å². The molecule has 1 aromatic rings. The van der Waals surface area contributed by atoms with Crippen molar-refractivity contribution in [3.8, 4) is 0 Å². The fourth-order valence-electron chi connectivity index (χ4n) is 4.84. The van der Waals surface area contributed by atoms with E-state index < -0.39 is 14.6 Å². The first-order valence-corrected chi connectivity index (χ1v) is 11.5. The predicted molar refractivity (Wildman–Crippen MR) is 101 cm³/mol. The molecule has 1 aliphatic carbocycles. The van der Waals surface area contributed by atoms with Crippen molar-refractivity contribution < 1.29 is 17.6 Å². The van der Waals surface area contributed by atoms with Gasteiger partial charge in [0, 0.05) is 19.6 Å². The number of sulfone groups is 1. The molecule has 5 nitrogen and oxygen atoms in total. The Hall–Kier alpha value is -1.47. The van der Waals surface area contributed by atoms with Crippen LogP contribution in [0.3, 0.4) is 0 Å². The Kier molecular flexibility index (Phi) is 4.79. The highest BCUT2D eigenvalue weighted by Crippen LogP contribution is 2.44. The monoisotopic (exact) mass is 394 g/mol. The van der Waals surface area contributed by atoms with Crippen LogP contribution in [0.25, 0.3) is 0 Å². The van der Waals surface area contributed by atoms with Crippen molar-refractivity contribution >= 4 is 15.7 Å². The van der Waals surface area contributed by atoms with Gasteiger partial charge in [-0.2, -0.15) is 0 Å². The van der Waals surface area contributed by atoms with Crippen LogP contribution in [-0.4, -0.2) is 60.3 Å². The van der Waals surface area contributed by atoms with Crippen LogP contribution in [0.4, 0.5) is 4.39 Å². The molecule has 148 valence electrons. The summed E-state index contributed by atoms with van der Waals surface area (Å²) in [6.07, 6.45) is 3.90. The zero-order chi connectivity index (χ0) is 19.2. The molecule has 27 heavy (non-hydrogen) atoms. The summed E-state index contributed by atoms with van der Waals surface area (Å²) in [7, 11) is -3.08. The molecule has 2 heterocycles. The number of amides is 1. The van der Waals surface area contributed by atoms with Crippen LogP contribution in [0.2, 0.25) is 0 Å². The summed E-state index contributed by atoms with van der Waals surface area (Å²) in [4.78, 5) is 17.0. The molecular formula is C20H27FN2O3S. The van der Waals surface area contributed by atoms with Gasteiger partial charge in [0.2, 0.25) is 5.91 Å². The van der Waals surface area contributed by atoms with Crippen LogP contribution in [0.1, 0.15) is 50.6 Å². The number of benzene rings is 1. The zero-order valence-electron chi connectivity index (χ0n) is 15.7. The average molecular weight is 395 g/mol. The van der Waals surface area contributed by atoms with Crippen molar-refractivity contribution in [2.24, 2.45) is 0 Å². The van der Waals surface area contributed by atoms with E-state index in [9.17, 15) is 17.6 Å². The highest BCUT2D eigenvalue weighted by Gasteiger charge is 2.51. The second-order valence-corrected chi connectivity index (χ2v) is 10.7. The quantitative estimate of drug-likeness (QED) is 0.791. The van der Waals surface area contributed by atoms with Gasteiger partial charge in [-0.1, -0.05) is 18.6 Å². The highest BCUT2D eigenvalue weighted by molar-refractivity contribution is 7.92. The van der Waals surface area contributed by atoms with Crippen LogP contribution in [0, 0.1) is 5.82 Å². The Morgan fingerprint density at radius 3 is 2.44 bits per heavy atom. The van der Waals surface area contributed by atoms with Crippen LogP contribution in [-0.2, 0) is 14.6 Å². The molecule has 3 aliphatic rings. The smallest absolute Gasteiger partial charge is 0.240 e. The summed E-state index contributed by atoms with van der Waals surface area (Å²) in [6.45, 7) is 3.73. The lowest BCUT2D eigenvalue weighted by molar-refractivity contribution is -0.133. The Balaban J connectivity index is 1.46. The minimum atomic E-state index is -3.08. The van der Waals surface area contributed by atoms with Crippen molar-refractivity contribution in [1.29, 1.82) is 0 Å². The van der Waals surface area contributed by atoms with Gasteiger partial charge >= 0.3 is 0 Å². The summed E-state index contributed by atoms with van der Waals surface area (Å²) >= 11 is 0. The Morgan fingerprint density at radius 1 is 1.11 bits per heavy atom. The summed E-state index contributed by atoms with van der Waals surface area (Å²) in [5.41, 5.74) is 0.914. The predicted octanol–water partition coefficient (Wildman–Crippen LogP) is 2.53. The SMILES string of the molecule is CC(c1ccc(F)cc1)N1CCC(N2CCC3(CCC3)S(=O)(=O)CC2)C1=O. The minimum Gasteiger partial charge on any atom is -0.335 e. The molecule has 4 rings (SSSR count). The Morgan fingerprint density at radius 2 is 1.81 bits per heavy atom. The summed E-state index contributed by atoms with van der Waals surface area (Å²) in [6, 6.07) is 5.93. The van der Waals surface area contributed by atoms with E-state index in [1.165, 1.54) is 12.1 Å². The van der Waals surface area contributed by atoms with Crippen molar-refractivity contribution in [1.82, 2.24) is 9.80 Å². The lowest BCUT2D eigenvalue weighted by Gasteiger charge is -2.40. The third kappa shape index (κ3) is 3.18. The number of hydrogen-bond acceptors (Lipinski definition) is 4. The van der Waals surface area contributed by atoms with Crippen molar-refractivity contribution in [2.75, 3.05) is 25.4 Å². The van der Waals surface area contributed by atoms with Crippen LogP contribution in [0.15, 0.2) is 24.3 Å². The van der Waals surface area contributed by atoms with E-state index in [0.29, 0.717) is 26.1 Å². The molecule has 0 N–H and O–H groups in total. The molecule has 2 saturated heterocycles. The summed E-state index contributed by atoms with van der Waals surface area (Å²) in [5.74, 6) is -0.0642. The second-order valence-electron chi connectivity index (χ2n) is 8.21. The van der Waals surface area contributed by atoms with Crippen molar-refractivity contribution in [2.45, 2.75) is 55.9 Å². The van der Waals surface area contributed by atoms with Crippen LogP contribution < -0.4 is 0 Å². The highest BCUT2D eigenvalue weighted by atomic mass is 32.2. The first kappa shape index (κ1) is 18.9. The van der Waals surface area contributed by atoms with E-state index in [4.69, 9.17) is 0 Å². The van der Waals surface area contributed by atoms with Gasteiger partial charge in [-0.25, -0.2) is 12.8 Å². The Bertz CT molecular complexity index is 820. The molecule has 2 unspecified atom stereocenters. The van der Waals surface area contributed by atoms with Crippen LogP contribution in [0.5, 0.6) is 0 Å². The van der Waals surface area contributed by atoms with Crippen molar-refractivity contribution in [3.63, 3.8) is 0 Å². The molecule has 0 radical (unpaired) electrons. The number of likely N-dealkylation sites (tertiary alicyclic amines) is 1.